The largest absolute Gasteiger partial charge is 0.466 e. The minimum absolute atomic E-state index is 0.0526. The van der Waals surface area contributed by atoms with E-state index in [2.05, 4.69) is 12.2 Å². The Bertz CT molecular complexity index is 399. The fourth-order valence-electron chi connectivity index (χ4n) is 2.76. The van der Waals surface area contributed by atoms with Gasteiger partial charge in [-0.05, 0) is 13.3 Å². The van der Waals surface area contributed by atoms with Gasteiger partial charge >= 0.3 is 5.97 Å². The summed E-state index contributed by atoms with van der Waals surface area (Å²) in [6.07, 6.45) is 12.6. The van der Waals surface area contributed by atoms with Gasteiger partial charge < -0.3 is 15.8 Å². The summed E-state index contributed by atoms with van der Waals surface area (Å²) >= 11 is 0. The van der Waals surface area contributed by atoms with Crippen LogP contribution in [-0.4, -0.2) is 36.9 Å². The molecular weight excluding hydrogens is 332 g/mol. The highest BCUT2D eigenvalue weighted by Crippen LogP contribution is 2.10. The highest BCUT2D eigenvalue weighted by Gasteiger charge is 2.16. The van der Waals surface area contributed by atoms with Gasteiger partial charge in [-0.3, -0.25) is 14.4 Å². The van der Waals surface area contributed by atoms with E-state index in [0.29, 0.717) is 13.2 Å². The predicted octanol–water partition coefficient (Wildman–Crippen LogP) is 3.26. The second-order valence-electron chi connectivity index (χ2n) is 6.94. The smallest absolute Gasteiger partial charge is 0.307 e. The Balaban J connectivity index is 3.49. The lowest BCUT2D eigenvalue weighted by atomic mass is 10.1. The summed E-state index contributed by atoms with van der Waals surface area (Å²) in [4.78, 5) is 33.9. The molecule has 0 bridgehead atoms. The van der Waals surface area contributed by atoms with Crippen LogP contribution >= 0.6 is 0 Å². The van der Waals surface area contributed by atoms with Crippen molar-refractivity contribution in [3.8, 4) is 0 Å². The number of hydrogen-bond acceptors (Lipinski definition) is 5. The molecule has 0 radical (unpaired) electrons. The van der Waals surface area contributed by atoms with Crippen molar-refractivity contribution in [1.29, 1.82) is 0 Å². The number of primary amides is 1. The summed E-state index contributed by atoms with van der Waals surface area (Å²) in [7, 11) is 0. The SMILES string of the molecule is CCCCCCCCCCCCOC(=O)CCNC(CC(N)=O)C(C)=O. The molecule has 1 atom stereocenters. The van der Waals surface area contributed by atoms with E-state index in [4.69, 9.17) is 10.5 Å². The number of Topliss-reactive ketones (excluding diaryl/α,β-unsaturated/α-hetero) is 1. The van der Waals surface area contributed by atoms with Crippen molar-refractivity contribution in [2.24, 2.45) is 5.73 Å². The van der Waals surface area contributed by atoms with E-state index in [-0.39, 0.29) is 24.6 Å². The average molecular weight is 371 g/mol. The third-order valence-electron chi connectivity index (χ3n) is 4.38. The molecular formula is C20H38N2O4. The standard InChI is InChI=1S/C20H38N2O4/c1-3-4-5-6-7-8-9-10-11-12-15-26-20(25)13-14-22-18(17(2)23)16-19(21)24/h18,22H,3-16H2,1-2H3,(H2,21,24). The number of nitrogens with two attached hydrogens (primary N) is 1. The quantitative estimate of drug-likeness (QED) is 0.285. The van der Waals surface area contributed by atoms with Gasteiger partial charge in [0.1, 0.15) is 5.78 Å². The van der Waals surface area contributed by atoms with Gasteiger partial charge in [-0.2, -0.15) is 0 Å². The summed E-state index contributed by atoms with van der Waals surface area (Å²) in [5.41, 5.74) is 5.09. The number of nitrogens with one attached hydrogen (secondary N) is 1. The maximum Gasteiger partial charge on any atom is 0.307 e. The molecule has 0 aromatic heterocycles. The summed E-state index contributed by atoms with van der Waals surface area (Å²) in [6, 6.07) is -0.623. The van der Waals surface area contributed by atoms with Crippen LogP contribution in [0.25, 0.3) is 0 Å². The molecule has 0 spiro atoms. The van der Waals surface area contributed by atoms with E-state index >= 15 is 0 Å². The topological polar surface area (TPSA) is 98.5 Å². The van der Waals surface area contributed by atoms with Gasteiger partial charge in [0.15, 0.2) is 0 Å². The minimum atomic E-state index is -0.623. The third-order valence-corrected chi connectivity index (χ3v) is 4.38. The highest BCUT2D eigenvalue weighted by atomic mass is 16.5. The van der Waals surface area contributed by atoms with E-state index < -0.39 is 11.9 Å². The number of rotatable bonds is 18. The lowest BCUT2D eigenvalue weighted by Crippen LogP contribution is -2.39. The number of carbonyl (C=O) groups is 3. The molecule has 0 saturated carbocycles. The Morgan fingerprint density at radius 3 is 1.96 bits per heavy atom. The zero-order chi connectivity index (χ0) is 19.6. The van der Waals surface area contributed by atoms with Gasteiger partial charge in [0.05, 0.1) is 19.1 Å². The van der Waals surface area contributed by atoms with Crippen LogP contribution in [0.1, 0.15) is 90.9 Å². The fraction of sp³-hybridized carbons (Fsp3) is 0.850. The van der Waals surface area contributed by atoms with Crippen LogP contribution < -0.4 is 11.1 Å². The van der Waals surface area contributed by atoms with E-state index in [0.717, 1.165) is 12.8 Å². The van der Waals surface area contributed by atoms with Gasteiger partial charge in [0.2, 0.25) is 5.91 Å². The van der Waals surface area contributed by atoms with Crippen molar-refractivity contribution in [2.45, 2.75) is 96.9 Å². The van der Waals surface area contributed by atoms with E-state index in [1.807, 2.05) is 0 Å². The van der Waals surface area contributed by atoms with Crippen molar-refractivity contribution in [2.75, 3.05) is 13.2 Å². The van der Waals surface area contributed by atoms with E-state index in [1.54, 1.807) is 0 Å². The maximum absolute atomic E-state index is 11.6. The predicted molar refractivity (Wildman–Crippen MR) is 104 cm³/mol. The molecule has 0 aliphatic heterocycles. The molecule has 0 aromatic carbocycles. The molecule has 3 N–H and O–H groups in total. The van der Waals surface area contributed by atoms with Crippen molar-refractivity contribution >= 4 is 17.7 Å². The van der Waals surface area contributed by atoms with Crippen LogP contribution in [0.3, 0.4) is 0 Å². The van der Waals surface area contributed by atoms with Crippen LogP contribution in [0.5, 0.6) is 0 Å². The zero-order valence-corrected chi connectivity index (χ0v) is 16.7. The fourth-order valence-corrected chi connectivity index (χ4v) is 2.76. The lowest BCUT2D eigenvalue weighted by Gasteiger charge is -2.13. The number of carbonyl (C=O) groups excluding carboxylic acids is 3. The Morgan fingerprint density at radius 2 is 1.46 bits per heavy atom. The van der Waals surface area contributed by atoms with Gasteiger partial charge in [0.25, 0.3) is 0 Å². The van der Waals surface area contributed by atoms with Gasteiger partial charge in [-0.25, -0.2) is 0 Å². The Kier molecular flexibility index (Phi) is 16.1. The Hall–Kier alpha value is -1.43. The van der Waals surface area contributed by atoms with Gasteiger partial charge in [-0.15, -0.1) is 0 Å². The Labute approximate surface area is 158 Å². The molecule has 0 rings (SSSR count). The summed E-state index contributed by atoms with van der Waals surface area (Å²) in [5.74, 6) is -0.987. The second kappa shape index (κ2) is 17.0. The molecule has 0 heterocycles. The maximum atomic E-state index is 11.6. The molecule has 1 unspecified atom stereocenters. The van der Waals surface area contributed by atoms with Gasteiger partial charge in [0, 0.05) is 13.0 Å². The molecule has 0 saturated heterocycles. The first kappa shape index (κ1) is 24.6. The molecule has 0 aliphatic rings. The normalized spacial score (nSPS) is 11.9. The number of esters is 1. The number of unbranched alkanes of at least 4 members (excludes halogenated alkanes) is 9. The molecule has 1 amide bonds. The zero-order valence-electron chi connectivity index (χ0n) is 16.7. The average Bonchev–Trinajstić information content (AvgIpc) is 2.58. The van der Waals surface area contributed by atoms with Gasteiger partial charge in [-0.1, -0.05) is 64.7 Å². The van der Waals surface area contributed by atoms with E-state index in [1.165, 1.54) is 58.3 Å². The second-order valence-corrected chi connectivity index (χ2v) is 6.94. The summed E-state index contributed by atoms with van der Waals surface area (Å²) in [5, 5.41) is 2.87. The van der Waals surface area contributed by atoms with Crippen molar-refractivity contribution in [1.82, 2.24) is 5.32 Å². The number of ketones is 1. The first-order valence-corrected chi connectivity index (χ1v) is 10.1. The minimum Gasteiger partial charge on any atom is -0.466 e. The molecule has 0 fully saturated rings. The molecule has 152 valence electrons. The van der Waals surface area contributed by atoms with Crippen LogP contribution in [0, 0.1) is 0 Å². The van der Waals surface area contributed by atoms with Crippen LogP contribution in [0.2, 0.25) is 0 Å². The Morgan fingerprint density at radius 1 is 0.923 bits per heavy atom. The van der Waals surface area contributed by atoms with Crippen LogP contribution in [0.4, 0.5) is 0 Å². The van der Waals surface area contributed by atoms with Crippen molar-refractivity contribution < 1.29 is 19.1 Å². The molecule has 0 aromatic rings. The van der Waals surface area contributed by atoms with Crippen molar-refractivity contribution in [3.05, 3.63) is 0 Å². The monoisotopic (exact) mass is 370 g/mol. The first-order chi connectivity index (χ1) is 12.5. The van der Waals surface area contributed by atoms with Crippen LogP contribution in [-0.2, 0) is 19.1 Å². The lowest BCUT2D eigenvalue weighted by molar-refractivity contribution is -0.143. The molecule has 0 aliphatic carbocycles. The number of ether oxygens (including phenoxy) is 1. The molecule has 6 nitrogen and oxygen atoms in total. The number of amides is 1. The molecule has 6 heteroatoms. The third kappa shape index (κ3) is 16.1. The summed E-state index contributed by atoms with van der Waals surface area (Å²) < 4.78 is 5.18. The highest BCUT2D eigenvalue weighted by molar-refractivity contribution is 5.87. The van der Waals surface area contributed by atoms with E-state index in [9.17, 15) is 14.4 Å². The number of hydrogen-bond donors (Lipinski definition) is 2. The summed E-state index contributed by atoms with van der Waals surface area (Å²) in [6.45, 7) is 4.38. The van der Waals surface area contributed by atoms with Crippen molar-refractivity contribution in [3.63, 3.8) is 0 Å². The first-order valence-electron chi connectivity index (χ1n) is 10.1. The van der Waals surface area contributed by atoms with Crippen LogP contribution in [0.15, 0.2) is 0 Å². The molecule has 26 heavy (non-hydrogen) atoms.